The zero-order valence-electron chi connectivity index (χ0n) is 14.5. The van der Waals surface area contributed by atoms with E-state index in [1.54, 1.807) is 0 Å². The molecule has 1 atom stereocenters. The number of carbonyl (C=O) groups is 1. The number of hydrogen-bond acceptors (Lipinski definition) is 9. The Morgan fingerprint density at radius 3 is 2.14 bits per heavy atom. The van der Waals surface area contributed by atoms with Gasteiger partial charge >= 0.3 is 5.97 Å². The van der Waals surface area contributed by atoms with Gasteiger partial charge in [0.25, 0.3) is 17.1 Å². The quantitative estimate of drug-likeness (QED) is 0.477. The largest absolute Gasteiger partial charge is 0.478 e. The minimum atomic E-state index is -1.40. The fourth-order valence-corrected chi connectivity index (χ4v) is 2.81. The molecule has 1 aliphatic rings. The normalized spacial score (nSPS) is 14.0. The molecule has 0 fully saturated rings. The van der Waals surface area contributed by atoms with Crippen molar-refractivity contribution in [1.29, 1.82) is 0 Å². The summed E-state index contributed by atoms with van der Waals surface area (Å²) in [5.74, 6) is -1.35. The molecule has 1 unspecified atom stereocenters. The van der Waals surface area contributed by atoms with Crippen molar-refractivity contribution in [1.82, 2.24) is 0 Å². The summed E-state index contributed by atoms with van der Waals surface area (Å²) in [6.45, 7) is 1.17. The SMILES string of the molecule is CC(ON=C1c2cc([N+](=O)[O-])ccc2-c2c1cc([N+](=O)[O-])cc2[N+](=O)[O-])C(=O)O. The Bertz CT molecular complexity index is 1130. The molecular weight excluding hydrogens is 392 g/mol. The van der Waals surface area contributed by atoms with Gasteiger partial charge in [-0.15, -0.1) is 0 Å². The maximum absolute atomic E-state index is 11.5. The molecule has 13 heteroatoms. The van der Waals surface area contributed by atoms with Crippen LogP contribution in [0.15, 0.2) is 35.5 Å². The predicted octanol–water partition coefficient (Wildman–Crippen LogP) is 2.63. The average molecular weight is 402 g/mol. The number of fused-ring (bicyclic) bond motifs is 3. The van der Waals surface area contributed by atoms with Crippen LogP contribution in [0.4, 0.5) is 17.1 Å². The first-order valence-corrected chi connectivity index (χ1v) is 7.84. The van der Waals surface area contributed by atoms with Crippen molar-refractivity contribution in [3.8, 4) is 11.1 Å². The zero-order valence-corrected chi connectivity index (χ0v) is 14.5. The number of nitro groups is 3. The van der Waals surface area contributed by atoms with Crippen LogP contribution in [0.5, 0.6) is 0 Å². The molecule has 148 valence electrons. The number of oxime groups is 1. The third-order valence-electron chi connectivity index (χ3n) is 4.15. The number of nitro benzene ring substituents is 3. The summed E-state index contributed by atoms with van der Waals surface area (Å²) in [4.78, 5) is 47.3. The van der Waals surface area contributed by atoms with Gasteiger partial charge in [-0.25, -0.2) is 4.79 Å². The lowest BCUT2D eigenvalue weighted by Gasteiger charge is -2.06. The third-order valence-corrected chi connectivity index (χ3v) is 4.15. The van der Waals surface area contributed by atoms with Gasteiger partial charge in [-0.1, -0.05) is 5.16 Å². The van der Waals surface area contributed by atoms with E-state index in [0.717, 1.165) is 24.3 Å². The van der Waals surface area contributed by atoms with Crippen LogP contribution in [-0.2, 0) is 9.63 Å². The van der Waals surface area contributed by atoms with E-state index in [1.807, 2.05) is 0 Å². The number of non-ortho nitro benzene ring substituents is 2. The van der Waals surface area contributed by atoms with Gasteiger partial charge in [-0.05, 0) is 18.6 Å². The molecule has 1 aliphatic carbocycles. The number of rotatable bonds is 6. The number of carboxylic acid groups (broad SMARTS) is 1. The van der Waals surface area contributed by atoms with Crippen LogP contribution >= 0.6 is 0 Å². The molecule has 2 aromatic rings. The zero-order chi connectivity index (χ0) is 21.5. The Morgan fingerprint density at radius 1 is 0.966 bits per heavy atom. The summed E-state index contributed by atoms with van der Waals surface area (Å²) in [6, 6.07) is 5.25. The van der Waals surface area contributed by atoms with Crippen LogP contribution < -0.4 is 0 Å². The molecule has 0 amide bonds. The fraction of sp³-hybridized carbons (Fsp3) is 0.125. The van der Waals surface area contributed by atoms with Gasteiger partial charge in [0, 0.05) is 29.3 Å². The Kier molecular flexibility index (Phi) is 4.64. The number of nitrogens with zero attached hydrogens (tertiary/aromatic N) is 4. The van der Waals surface area contributed by atoms with Gasteiger partial charge in [0.1, 0.15) is 5.71 Å². The van der Waals surface area contributed by atoms with Crippen molar-refractivity contribution in [2.45, 2.75) is 13.0 Å². The van der Waals surface area contributed by atoms with Crippen molar-refractivity contribution in [2.75, 3.05) is 0 Å². The second-order valence-corrected chi connectivity index (χ2v) is 5.91. The first kappa shape index (κ1) is 19.3. The molecule has 3 rings (SSSR count). The Morgan fingerprint density at radius 2 is 1.59 bits per heavy atom. The van der Waals surface area contributed by atoms with Crippen LogP contribution in [0.2, 0.25) is 0 Å². The second-order valence-electron chi connectivity index (χ2n) is 5.91. The minimum Gasteiger partial charge on any atom is -0.478 e. The number of hydrogen-bond donors (Lipinski definition) is 1. The maximum Gasteiger partial charge on any atom is 0.347 e. The summed E-state index contributed by atoms with van der Waals surface area (Å²) in [5, 5.41) is 46.5. The molecule has 1 N–H and O–H groups in total. The van der Waals surface area contributed by atoms with E-state index in [-0.39, 0.29) is 33.7 Å². The fourth-order valence-electron chi connectivity index (χ4n) is 2.81. The van der Waals surface area contributed by atoms with Crippen molar-refractivity contribution in [3.05, 3.63) is 71.8 Å². The molecule has 0 saturated carbocycles. The smallest absolute Gasteiger partial charge is 0.347 e. The van der Waals surface area contributed by atoms with E-state index in [2.05, 4.69) is 5.16 Å². The predicted molar refractivity (Wildman–Crippen MR) is 95.7 cm³/mol. The van der Waals surface area contributed by atoms with E-state index in [4.69, 9.17) is 9.94 Å². The highest BCUT2D eigenvalue weighted by atomic mass is 16.7. The standard InChI is InChI=1S/C16H10N4O9/c1-7(16(21)22)29-17-15-11-4-8(18(23)24)2-3-10(11)14-12(15)5-9(19(25)26)6-13(14)20(27)28/h2-7H,1H3,(H,21,22). The highest BCUT2D eigenvalue weighted by Crippen LogP contribution is 2.45. The van der Waals surface area contributed by atoms with Crippen LogP contribution in [0.3, 0.4) is 0 Å². The highest BCUT2D eigenvalue weighted by Gasteiger charge is 2.36. The monoisotopic (exact) mass is 402 g/mol. The van der Waals surface area contributed by atoms with E-state index < -0.39 is 38.2 Å². The van der Waals surface area contributed by atoms with Crippen molar-refractivity contribution in [3.63, 3.8) is 0 Å². The Labute approximate surface area is 160 Å². The molecule has 29 heavy (non-hydrogen) atoms. The van der Waals surface area contributed by atoms with Gasteiger partial charge in [0.2, 0.25) is 6.10 Å². The third kappa shape index (κ3) is 3.31. The lowest BCUT2D eigenvalue weighted by molar-refractivity contribution is -0.393. The number of aliphatic carboxylic acids is 1. The molecule has 0 aliphatic heterocycles. The molecule has 0 spiro atoms. The van der Waals surface area contributed by atoms with Gasteiger partial charge in [0.15, 0.2) is 0 Å². The first-order chi connectivity index (χ1) is 13.6. The molecule has 0 bridgehead atoms. The average Bonchev–Trinajstić information content (AvgIpc) is 2.97. The molecule has 0 aromatic heterocycles. The van der Waals surface area contributed by atoms with Crippen molar-refractivity contribution >= 4 is 28.7 Å². The second kappa shape index (κ2) is 6.95. The summed E-state index contributed by atoms with van der Waals surface area (Å²) in [7, 11) is 0. The first-order valence-electron chi connectivity index (χ1n) is 7.84. The Balaban J connectivity index is 2.33. The molecule has 2 aromatic carbocycles. The van der Waals surface area contributed by atoms with Crippen molar-refractivity contribution < 1.29 is 29.5 Å². The van der Waals surface area contributed by atoms with Gasteiger partial charge in [0.05, 0.1) is 26.4 Å². The summed E-state index contributed by atoms with van der Waals surface area (Å²) in [5.41, 5.74) is -1.61. The molecule has 13 nitrogen and oxygen atoms in total. The lowest BCUT2D eigenvalue weighted by Crippen LogP contribution is -2.18. The Hall–Kier alpha value is -4.42. The number of benzene rings is 2. The lowest BCUT2D eigenvalue weighted by atomic mass is 10.0. The summed E-state index contributed by atoms with van der Waals surface area (Å²) in [6.07, 6.45) is -1.40. The van der Waals surface area contributed by atoms with Gasteiger partial charge < -0.3 is 9.94 Å². The van der Waals surface area contributed by atoms with E-state index in [0.29, 0.717) is 0 Å². The van der Waals surface area contributed by atoms with Gasteiger partial charge in [-0.3, -0.25) is 30.3 Å². The summed E-state index contributed by atoms with van der Waals surface area (Å²) >= 11 is 0. The van der Waals surface area contributed by atoms with E-state index in [1.165, 1.54) is 13.0 Å². The maximum atomic E-state index is 11.5. The van der Waals surface area contributed by atoms with Gasteiger partial charge in [-0.2, -0.15) is 0 Å². The van der Waals surface area contributed by atoms with Crippen LogP contribution in [0.25, 0.3) is 11.1 Å². The molecular formula is C16H10N4O9. The molecule has 0 radical (unpaired) electrons. The van der Waals surface area contributed by atoms with E-state index >= 15 is 0 Å². The topological polar surface area (TPSA) is 188 Å². The van der Waals surface area contributed by atoms with Crippen LogP contribution in [-0.4, -0.2) is 37.7 Å². The molecule has 0 heterocycles. The highest BCUT2D eigenvalue weighted by molar-refractivity contribution is 6.26. The van der Waals surface area contributed by atoms with Crippen molar-refractivity contribution in [2.24, 2.45) is 5.16 Å². The van der Waals surface area contributed by atoms with E-state index in [9.17, 15) is 35.1 Å². The van der Waals surface area contributed by atoms with Crippen LogP contribution in [0, 0.1) is 30.3 Å². The summed E-state index contributed by atoms with van der Waals surface area (Å²) < 4.78 is 0. The minimum absolute atomic E-state index is 0.0316. The molecule has 0 saturated heterocycles. The number of carboxylic acids is 1. The van der Waals surface area contributed by atoms with Crippen LogP contribution in [0.1, 0.15) is 18.1 Å².